The van der Waals surface area contributed by atoms with E-state index in [2.05, 4.69) is 4.72 Å². The highest BCUT2D eigenvalue weighted by Crippen LogP contribution is 2.14. The molecule has 0 amide bonds. The number of nitrogens with one attached hydrogen (secondary N) is 1. The van der Waals surface area contributed by atoms with E-state index in [1.165, 1.54) is 0 Å². The highest BCUT2D eigenvalue weighted by Gasteiger charge is 2.08. The molecule has 2 aromatic rings. The van der Waals surface area contributed by atoms with Gasteiger partial charge in [-0.1, -0.05) is 6.92 Å². The van der Waals surface area contributed by atoms with Crippen LogP contribution >= 0.6 is 0 Å². The lowest BCUT2D eigenvalue weighted by atomic mass is 10.3. The minimum atomic E-state index is -3.21. The van der Waals surface area contributed by atoms with Crippen molar-refractivity contribution in [1.29, 1.82) is 0 Å². The fourth-order valence-corrected chi connectivity index (χ4v) is 2.84. The Labute approximate surface area is 107 Å². The first-order valence-corrected chi connectivity index (χ1v) is 7.50. The Morgan fingerprint density at radius 2 is 1.72 bits per heavy atom. The van der Waals surface area contributed by atoms with Crippen LogP contribution in [0.25, 0.3) is 5.69 Å². The number of benzene rings is 1. The Bertz CT molecular complexity index is 586. The summed E-state index contributed by atoms with van der Waals surface area (Å²) in [6.07, 6.45) is 4.49. The number of rotatable bonds is 5. The second kappa shape index (κ2) is 5.27. The molecule has 0 radical (unpaired) electrons. The van der Waals surface area contributed by atoms with Crippen molar-refractivity contribution in [3.05, 3.63) is 48.8 Å². The van der Waals surface area contributed by atoms with E-state index in [1.54, 1.807) is 12.1 Å². The topological polar surface area (TPSA) is 51.1 Å². The van der Waals surface area contributed by atoms with Gasteiger partial charge in [-0.3, -0.25) is 4.72 Å². The smallest absolute Gasteiger partial charge is 0.232 e. The molecule has 0 aliphatic rings. The maximum atomic E-state index is 11.6. The van der Waals surface area contributed by atoms with E-state index in [9.17, 15) is 8.42 Å². The first-order valence-electron chi connectivity index (χ1n) is 5.84. The van der Waals surface area contributed by atoms with E-state index in [-0.39, 0.29) is 5.75 Å². The standard InChI is InChI=1S/C13H16N2O2S/c1-2-11-18(16,17)14-12-5-7-13(8-6-12)15-9-3-4-10-15/h3-10,14H,2,11H2,1H3. The predicted molar refractivity (Wildman–Crippen MR) is 73.5 cm³/mol. The summed E-state index contributed by atoms with van der Waals surface area (Å²) in [6.45, 7) is 1.84. The number of aromatic nitrogens is 1. The zero-order valence-electron chi connectivity index (χ0n) is 10.2. The summed E-state index contributed by atoms with van der Waals surface area (Å²) in [5, 5.41) is 0. The average molecular weight is 264 g/mol. The molecule has 96 valence electrons. The van der Waals surface area contributed by atoms with Crippen molar-refractivity contribution >= 4 is 15.7 Å². The Kier molecular flexibility index (Phi) is 3.72. The third-order valence-electron chi connectivity index (χ3n) is 2.52. The lowest BCUT2D eigenvalue weighted by molar-refractivity contribution is 0.600. The second-order valence-electron chi connectivity index (χ2n) is 4.06. The summed E-state index contributed by atoms with van der Waals surface area (Å²) >= 11 is 0. The van der Waals surface area contributed by atoms with Gasteiger partial charge in [-0.15, -0.1) is 0 Å². The van der Waals surface area contributed by atoms with Crippen LogP contribution in [0.15, 0.2) is 48.8 Å². The van der Waals surface area contributed by atoms with Gasteiger partial charge in [0.1, 0.15) is 0 Å². The zero-order chi connectivity index (χ0) is 13.0. The van der Waals surface area contributed by atoms with E-state index in [4.69, 9.17) is 0 Å². The van der Waals surface area contributed by atoms with Crippen molar-refractivity contribution in [2.75, 3.05) is 10.5 Å². The number of hydrogen-bond acceptors (Lipinski definition) is 2. The quantitative estimate of drug-likeness (QED) is 0.902. The van der Waals surface area contributed by atoms with Crippen LogP contribution in [0.5, 0.6) is 0 Å². The van der Waals surface area contributed by atoms with E-state index < -0.39 is 10.0 Å². The van der Waals surface area contributed by atoms with Crippen LogP contribution < -0.4 is 4.72 Å². The molecule has 0 unspecified atom stereocenters. The van der Waals surface area contributed by atoms with Crippen LogP contribution in [-0.4, -0.2) is 18.7 Å². The molecule has 1 heterocycles. The maximum absolute atomic E-state index is 11.6. The van der Waals surface area contributed by atoms with Gasteiger partial charge in [-0.25, -0.2) is 8.42 Å². The Morgan fingerprint density at radius 1 is 1.11 bits per heavy atom. The molecule has 0 bridgehead atoms. The first kappa shape index (κ1) is 12.7. The van der Waals surface area contributed by atoms with Gasteiger partial charge in [0.2, 0.25) is 10.0 Å². The summed E-state index contributed by atoms with van der Waals surface area (Å²) in [5.41, 5.74) is 1.60. The molecule has 1 N–H and O–H groups in total. The molecule has 0 aliphatic heterocycles. The van der Waals surface area contributed by atoms with Crippen molar-refractivity contribution in [3.63, 3.8) is 0 Å². The van der Waals surface area contributed by atoms with Crippen LogP contribution in [0, 0.1) is 0 Å². The first-order chi connectivity index (χ1) is 8.61. The lowest BCUT2D eigenvalue weighted by Crippen LogP contribution is -2.15. The van der Waals surface area contributed by atoms with Crippen molar-refractivity contribution in [3.8, 4) is 5.69 Å². The SMILES string of the molecule is CCCS(=O)(=O)Nc1ccc(-n2cccc2)cc1. The molecule has 1 aromatic heterocycles. The van der Waals surface area contributed by atoms with Gasteiger partial charge < -0.3 is 4.57 Å². The van der Waals surface area contributed by atoms with E-state index in [0.29, 0.717) is 12.1 Å². The summed E-state index contributed by atoms with van der Waals surface area (Å²) in [4.78, 5) is 0. The van der Waals surface area contributed by atoms with Crippen LogP contribution in [0.4, 0.5) is 5.69 Å². The summed E-state index contributed by atoms with van der Waals surface area (Å²) < 4.78 is 27.7. The van der Waals surface area contributed by atoms with Gasteiger partial charge in [0, 0.05) is 23.8 Å². The molecule has 2 rings (SSSR count). The highest BCUT2D eigenvalue weighted by molar-refractivity contribution is 7.92. The second-order valence-corrected chi connectivity index (χ2v) is 5.90. The molecule has 5 heteroatoms. The summed E-state index contributed by atoms with van der Waals surface area (Å²) in [5.74, 6) is 0.145. The average Bonchev–Trinajstić information content (AvgIpc) is 2.82. The van der Waals surface area contributed by atoms with E-state index in [1.807, 2.05) is 48.1 Å². The Morgan fingerprint density at radius 3 is 2.28 bits per heavy atom. The van der Waals surface area contributed by atoms with Crippen LogP contribution in [0.1, 0.15) is 13.3 Å². The largest absolute Gasteiger partial charge is 0.324 e. The predicted octanol–water partition coefficient (Wildman–Crippen LogP) is 2.63. The molecular weight excluding hydrogens is 248 g/mol. The number of nitrogens with zero attached hydrogens (tertiary/aromatic N) is 1. The number of anilines is 1. The van der Waals surface area contributed by atoms with Gasteiger partial charge in [0.15, 0.2) is 0 Å². The molecule has 4 nitrogen and oxygen atoms in total. The third kappa shape index (κ3) is 3.13. The van der Waals surface area contributed by atoms with E-state index in [0.717, 1.165) is 5.69 Å². The molecule has 0 atom stereocenters. The van der Waals surface area contributed by atoms with Crippen molar-refractivity contribution in [2.45, 2.75) is 13.3 Å². The fraction of sp³-hybridized carbons (Fsp3) is 0.231. The van der Waals surface area contributed by atoms with Crippen LogP contribution in [-0.2, 0) is 10.0 Å². The normalized spacial score (nSPS) is 11.4. The van der Waals surface area contributed by atoms with Gasteiger partial charge in [0.25, 0.3) is 0 Å². The Hall–Kier alpha value is -1.75. The van der Waals surface area contributed by atoms with Crippen LogP contribution in [0.3, 0.4) is 0 Å². The van der Waals surface area contributed by atoms with Gasteiger partial charge in [-0.2, -0.15) is 0 Å². The minimum Gasteiger partial charge on any atom is -0.324 e. The van der Waals surface area contributed by atoms with Crippen molar-refractivity contribution < 1.29 is 8.42 Å². The van der Waals surface area contributed by atoms with Crippen molar-refractivity contribution in [1.82, 2.24) is 4.57 Å². The van der Waals surface area contributed by atoms with Crippen molar-refractivity contribution in [2.24, 2.45) is 0 Å². The van der Waals surface area contributed by atoms with Crippen LogP contribution in [0.2, 0.25) is 0 Å². The minimum absolute atomic E-state index is 0.145. The molecular formula is C13H16N2O2S. The molecule has 0 aliphatic carbocycles. The van der Waals surface area contributed by atoms with E-state index >= 15 is 0 Å². The summed E-state index contributed by atoms with van der Waals surface area (Å²) in [6, 6.07) is 11.2. The lowest BCUT2D eigenvalue weighted by Gasteiger charge is -2.08. The molecule has 1 aromatic carbocycles. The maximum Gasteiger partial charge on any atom is 0.232 e. The molecule has 18 heavy (non-hydrogen) atoms. The molecule has 0 spiro atoms. The molecule has 0 saturated heterocycles. The van der Waals surface area contributed by atoms with Gasteiger partial charge in [-0.05, 0) is 42.8 Å². The summed E-state index contributed by atoms with van der Waals surface area (Å²) in [7, 11) is -3.21. The van der Waals surface area contributed by atoms with Gasteiger partial charge in [0.05, 0.1) is 5.75 Å². The highest BCUT2D eigenvalue weighted by atomic mass is 32.2. The number of hydrogen-bond donors (Lipinski definition) is 1. The Balaban J connectivity index is 2.14. The monoisotopic (exact) mass is 264 g/mol. The number of sulfonamides is 1. The fourth-order valence-electron chi connectivity index (χ4n) is 1.71. The molecule has 0 saturated carbocycles. The third-order valence-corrected chi connectivity index (χ3v) is 4.01. The van der Waals surface area contributed by atoms with Gasteiger partial charge >= 0.3 is 0 Å². The zero-order valence-corrected chi connectivity index (χ0v) is 11.0. The molecule has 0 fully saturated rings.